The largest absolute Gasteiger partial charge is 0.497 e. The lowest BCUT2D eigenvalue weighted by atomic mass is 10.1. The summed E-state index contributed by atoms with van der Waals surface area (Å²) >= 11 is 1.70. The van der Waals surface area contributed by atoms with Crippen LogP contribution in [0.5, 0.6) is 5.75 Å². The van der Waals surface area contributed by atoms with Crippen molar-refractivity contribution in [1.82, 2.24) is 29.5 Å². The van der Waals surface area contributed by atoms with Crippen molar-refractivity contribution in [1.29, 1.82) is 0 Å². The summed E-state index contributed by atoms with van der Waals surface area (Å²) in [6.45, 7) is 0.513. The first-order valence-corrected chi connectivity index (χ1v) is 12.1. The van der Waals surface area contributed by atoms with Crippen molar-refractivity contribution in [3.8, 4) is 17.0 Å². The Kier molecular flexibility index (Phi) is 6.18. The highest BCUT2D eigenvalue weighted by molar-refractivity contribution is 7.98. The van der Waals surface area contributed by atoms with E-state index >= 15 is 0 Å². The number of hydrogen-bond acceptors (Lipinski definition) is 6. The van der Waals surface area contributed by atoms with Gasteiger partial charge in [0.2, 0.25) is 5.91 Å². The average Bonchev–Trinajstić information content (AvgIpc) is 3.50. The van der Waals surface area contributed by atoms with E-state index in [9.17, 15) is 4.79 Å². The van der Waals surface area contributed by atoms with Crippen molar-refractivity contribution in [3.05, 3.63) is 78.4 Å². The van der Waals surface area contributed by atoms with E-state index in [0.717, 1.165) is 33.9 Å². The first-order valence-electron chi connectivity index (χ1n) is 10.9. The van der Waals surface area contributed by atoms with Gasteiger partial charge in [-0.15, -0.1) is 22.0 Å². The smallest absolute Gasteiger partial charge is 0.220 e. The second-order valence-corrected chi connectivity index (χ2v) is 8.70. The maximum Gasteiger partial charge on any atom is 0.220 e. The van der Waals surface area contributed by atoms with Crippen LogP contribution >= 0.6 is 11.8 Å². The summed E-state index contributed by atoms with van der Waals surface area (Å²) < 4.78 is 8.95. The van der Waals surface area contributed by atoms with Crippen molar-refractivity contribution in [2.24, 2.45) is 0 Å². The number of aryl methyl sites for hydroxylation is 1. The number of aromatic nitrogens is 5. The van der Waals surface area contributed by atoms with Crippen LogP contribution in [0.1, 0.15) is 17.8 Å². The number of thioether (sulfide) groups is 1. The summed E-state index contributed by atoms with van der Waals surface area (Å²) in [6.07, 6.45) is 6.64. The highest BCUT2D eigenvalue weighted by Crippen LogP contribution is 2.24. The van der Waals surface area contributed by atoms with Gasteiger partial charge in [-0.1, -0.05) is 12.1 Å². The third-order valence-electron chi connectivity index (χ3n) is 5.70. The molecule has 1 amide bonds. The molecule has 0 aliphatic rings. The molecular formula is C25H24N6O2S. The summed E-state index contributed by atoms with van der Waals surface area (Å²) in [5.41, 5.74) is 4.46. The van der Waals surface area contributed by atoms with Crippen LogP contribution in [0.4, 0.5) is 0 Å². The Labute approximate surface area is 201 Å². The van der Waals surface area contributed by atoms with Gasteiger partial charge in [0.1, 0.15) is 17.1 Å². The molecule has 0 bridgehead atoms. The average molecular weight is 473 g/mol. The molecule has 0 aliphatic heterocycles. The number of carbonyl (C=O) groups excluding carboxylic acids is 1. The number of benzene rings is 2. The maximum absolute atomic E-state index is 12.4. The van der Waals surface area contributed by atoms with E-state index in [1.165, 1.54) is 4.90 Å². The van der Waals surface area contributed by atoms with E-state index in [1.807, 2.05) is 65.5 Å². The third kappa shape index (κ3) is 4.47. The minimum absolute atomic E-state index is 0.0158. The highest BCUT2D eigenvalue weighted by atomic mass is 32.2. The van der Waals surface area contributed by atoms with Crippen molar-refractivity contribution in [3.63, 3.8) is 0 Å². The molecule has 0 fully saturated rings. The summed E-state index contributed by atoms with van der Waals surface area (Å²) in [6, 6.07) is 18.0. The molecule has 2 aromatic carbocycles. The van der Waals surface area contributed by atoms with Crippen LogP contribution in [0, 0.1) is 0 Å². The summed E-state index contributed by atoms with van der Waals surface area (Å²) in [4.78, 5) is 13.6. The Balaban J connectivity index is 1.27. The summed E-state index contributed by atoms with van der Waals surface area (Å²) in [7, 11) is 1.65. The van der Waals surface area contributed by atoms with Crippen LogP contribution in [-0.4, -0.2) is 43.5 Å². The van der Waals surface area contributed by atoms with E-state index < -0.39 is 0 Å². The van der Waals surface area contributed by atoms with Crippen LogP contribution in [0.25, 0.3) is 22.4 Å². The van der Waals surface area contributed by atoms with Crippen LogP contribution in [0.15, 0.2) is 71.9 Å². The molecule has 0 saturated heterocycles. The zero-order valence-corrected chi connectivity index (χ0v) is 19.7. The Bertz CT molecular complexity index is 1440. The SMILES string of the molecule is COc1ccc(-c2cc3c4nnc(CCC(=O)NCc5ccc(SC)cc5)n4ccn3n2)cc1. The number of ether oxygens (including phenoxy) is 1. The first-order chi connectivity index (χ1) is 16.6. The normalized spacial score (nSPS) is 11.2. The minimum Gasteiger partial charge on any atom is -0.497 e. The second kappa shape index (κ2) is 9.56. The van der Waals surface area contributed by atoms with Gasteiger partial charge >= 0.3 is 0 Å². The van der Waals surface area contributed by atoms with Gasteiger partial charge in [0, 0.05) is 42.2 Å². The van der Waals surface area contributed by atoms with Gasteiger partial charge < -0.3 is 10.1 Å². The number of fused-ring (bicyclic) bond motifs is 3. The van der Waals surface area contributed by atoms with Crippen molar-refractivity contribution in [2.75, 3.05) is 13.4 Å². The predicted octanol–water partition coefficient (Wildman–Crippen LogP) is 4.02. The standard InChI is InChI=1S/C25H24N6O2S/c1-33-19-7-5-18(6-8-19)21-15-22-25-28-27-23(30(25)13-14-31(22)29-21)11-12-24(32)26-16-17-3-9-20(34-2)10-4-17/h3-10,13-15H,11-12,16H2,1-2H3,(H,26,32). The Morgan fingerprint density at radius 3 is 2.59 bits per heavy atom. The Morgan fingerprint density at radius 2 is 1.85 bits per heavy atom. The van der Waals surface area contributed by atoms with Gasteiger partial charge in [-0.25, -0.2) is 4.52 Å². The molecule has 8 nitrogen and oxygen atoms in total. The topological polar surface area (TPSA) is 85.8 Å². The first kappa shape index (κ1) is 22.0. The van der Waals surface area contributed by atoms with Crippen LogP contribution in [-0.2, 0) is 17.8 Å². The lowest BCUT2D eigenvalue weighted by molar-refractivity contribution is -0.121. The second-order valence-electron chi connectivity index (χ2n) is 7.82. The summed E-state index contributed by atoms with van der Waals surface area (Å²) in [5.74, 6) is 1.52. The quantitative estimate of drug-likeness (QED) is 0.343. The van der Waals surface area contributed by atoms with Gasteiger partial charge in [-0.2, -0.15) is 5.10 Å². The van der Waals surface area contributed by atoms with Crippen LogP contribution in [0.3, 0.4) is 0 Å². The fourth-order valence-electron chi connectivity index (χ4n) is 3.79. The molecule has 3 aromatic heterocycles. The van der Waals surface area contributed by atoms with Crippen molar-refractivity contribution < 1.29 is 9.53 Å². The molecule has 1 N–H and O–H groups in total. The van der Waals surface area contributed by atoms with Gasteiger partial charge in [-0.05, 0) is 54.3 Å². The molecule has 172 valence electrons. The van der Waals surface area contributed by atoms with Crippen molar-refractivity contribution in [2.45, 2.75) is 24.3 Å². The van der Waals surface area contributed by atoms with Gasteiger partial charge in [-0.3, -0.25) is 9.20 Å². The maximum atomic E-state index is 12.4. The molecule has 5 aromatic rings. The van der Waals surface area contributed by atoms with E-state index in [-0.39, 0.29) is 5.91 Å². The minimum atomic E-state index is -0.0158. The molecule has 9 heteroatoms. The number of carbonyl (C=O) groups is 1. The Morgan fingerprint density at radius 1 is 1.06 bits per heavy atom. The van der Waals surface area contributed by atoms with Crippen LogP contribution in [0.2, 0.25) is 0 Å². The fourth-order valence-corrected chi connectivity index (χ4v) is 4.20. The lowest BCUT2D eigenvalue weighted by Gasteiger charge is -2.06. The fraction of sp³-hybridized carbons (Fsp3) is 0.200. The molecular weight excluding hydrogens is 448 g/mol. The molecule has 0 saturated carbocycles. The van der Waals surface area contributed by atoms with Gasteiger partial charge in [0.25, 0.3) is 0 Å². The van der Waals surface area contributed by atoms with Gasteiger partial charge in [0.15, 0.2) is 5.65 Å². The number of hydrogen-bond donors (Lipinski definition) is 1. The van der Waals surface area contributed by atoms with Crippen molar-refractivity contribution >= 4 is 28.8 Å². The third-order valence-corrected chi connectivity index (χ3v) is 6.44. The van der Waals surface area contributed by atoms with Gasteiger partial charge in [0.05, 0.1) is 12.8 Å². The molecule has 0 aliphatic carbocycles. The number of methoxy groups -OCH3 is 1. The highest BCUT2D eigenvalue weighted by Gasteiger charge is 2.14. The van der Waals surface area contributed by atoms with E-state index in [4.69, 9.17) is 4.74 Å². The molecule has 0 radical (unpaired) electrons. The molecule has 5 rings (SSSR count). The predicted molar refractivity (Wildman–Crippen MR) is 132 cm³/mol. The van der Waals surface area contributed by atoms with E-state index in [1.54, 1.807) is 23.4 Å². The molecule has 3 heterocycles. The molecule has 0 atom stereocenters. The lowest BCUT2D eigenvalue weighted by Crippen LogP contribution is -2.23. The monoisotopic (exact) mass is 472 g/mol. The number of rotatable bonds is 8. The van der Waals surface area contributed by atoms with E-state index in [2.05, 4.69) is 32.7 Å². The zero-order valence-electron chi connectivity index (χ0n) is 18.9. The number of nitrogens with one attached hydrogen (secondary N) is 1. The van der Waals surface area contributed by atoms with E-state index in [0.29, 0.717) is 25.0 Å². The number of nitrogens with zero attached hydrogens (tertiary/aromatic N) is 5. The Hall–Kier alpha value is -3.85. The number of amides is 1. The summed E-state index contributed by atoms with van der Waals surface area (Å²) in [5, 5.41) is 16.3. The molecule has 0 spiro atoms. The van der Waals surface area contributed by atoms with Crippen LogP contribution < -0.4 is 10.1 Å². The molecule has 34 heavy (non-hydrogen) atoms. The zero-order chi connectivity index (χ0) is 23.5. The molecule has 0 unspecified atom stereocenters.